The molecule has 0 saturated carbocycles. The summed E-state index contributed by atoms with van der Waals surface area (Å²) in [6, 6.07) is 5.43. The van der Waals surface area contributed by atoms with Crippen molar-refractivity contribution in [3.8, 4) is 11.5 Å². The van der Waals surface area contributed by atoms with Gasteiger partial charge in [-0.3, -0.25) is 0 Å². The molecule has 0 fully saturated rings. The molecule has 0 radical (unpaired) electrons. The van der Waals surface area contributed by atoms with Crippen LogP contribution in [0.4, 0.5) is 0 Å². The van der Waals surface area contributed by atoms with Crippen LogP contribution in [0.3, 0.4) is 0 Å². The highest BCUT2D eigenvalue weighted by Crippen LogP contribution is 2.32. The average Bonchev–Trinajstić information content (AvgIpc) is 2.95. The van der Waals surface area contributed by atoms with Gasteiger partial charge < -0.3 is 9.47 Å². The van der Waals surface area contributed by atoms with E-state index in [2.05, 4.69) is 10.1 Å². The Hall–Kier alpha value is -2.13. The first-order valence-electron chi connectivity index (χ1n) is 5.33. The van der Waals surface area contributed by atoms with Crippen LogP contribution >= 0.6 is 0 Å². The molecule has 0 bridgehead atoms. The van der Waals surface area contributed by atoms with Gasteiger partial charge in [-0.2, -0.15) is 0 Å². The van der Waals surface area contributed by atoms with Crippen LogP contribution < -0.4 is 14.6 Å². The molecule has 19 heavy (non-hydrogen) atoms. The molecule has 2 aromatic rings. The van der Waals surface area contributed by atoms with Crippen LogP contribution in [-0.2, 0) is 16.6 Å². The van der Waals surface area contributed by atoms with Gasteiger partial charge in [0.2, 0.25) is 6.79 Å². The Morgan fingerprint density at radius 1 is 1.32 bits per heavy atom. The van der Waals surface area contributed by atoms with Gasteiger partial charge in [0.25, 0.3) is 15.2 Å². The smallest absolute Gasteiger partial charge is 0.281 e. The van der Waals surface area contributed by atoms with Crippen LogP contribution in [-0.4, -0.2) is 30.0 Å². The maximum Gasteiger partial charge on any atom is 0.281 e. The largest absolute Gasteiger partial charge is 0.454 e. The average molecular weight is 282 g/mol. The van der Waals surface area contributed by atoms with E-state index in [0.29, 0.717) is 18.0 Å². The highest BCUT2D eigenvalue weighted by Gasteiger charge is 2.15. The van der Waals surface area contributed by atoms with E-state index in [4.69, 9.17) is 14.6 Å². The van der Waals surface area contributed by atoms with Gasteiger partial charge in [0.15, 0.2) is 11.5 Å². The molecule has 1 aromatic carbocycles. The number of nitrogens with two attached hydrogens (primary N) is 1. The second kappa shape index (κ2) is 4.21. The molecule has 0 spiro atoms. The second-order valence-electron chi connectivity index (χ2n) is 3.96. The number of aromatic nitrogens is 3. The zero-order chi connectivity index (χ0) is 13.5. The fraction of sp³-hybridized carbons (Fsp3) is 0.200. The van der Waals surface area contributed by atoms with Gasteiger partial charge in [-0.15, -0.1) is 5.10 Å². The summed E-state index contributed by atoms with van der Waals surface area (Å²) in [7, 11) is -3.87. The van der Waals surface area contributed by atoms with Crippen molar-refractivity contribution in [3.05, 3.63) is 30.1 Å². The van der Waals surface area contributed by atoms with Crippen LogP contribution in [0, 0.1) is 0 Å². The number of benzene rings is 1. The second-order valence-corrected chi connectivity index (χ2v) is 5.41. The lowest BCUT2D eigenvalue weighted by atomic mass is 10.2. The monoisotopic (exact) mass is 282 g/mol. The number of fused-ring (bicyclic) bond motifs is 1. The lowest BCUT2D eigenvalue weighted by molar-refractivity contribution is 0.174. The van der Waals surface area contributed by atoms with Crippen molar-refractivity contribution in [1.29, 1.82) is 0 Å². The molecule has 1 aromatic heterocycles. The van der Waals surface area contributed by atoms with Gasteiger partial charge in [0, 0.05) is 0 Å². The third kappa shape index (κ3) is 2.37. The number of rotatable bonds is 3. The molecule has 0 unspecified atom stereocenters. The summed E-state index contributed by atoms with van der Waals surface area (Å²) in [6.45, 7) is 0.566. The Labute approximate surface area is 108 Å². The summed E-state index contributed by atoms with van der Waals surface area (Å²) in [5.41, 5.74) is 0.884. The molecule has 8 nitrogen and oxygen atoms in total. The van der Waals surface area contributed by atoms with Crippen LogP contribution in [0.2, 0.25) is 0 Å². The molecule has 1 aliphatic heterocycles. The van der Waals surface area contributed by atoms with Gasteiger partial charge in [-0.25, -0.2) is 23.2 Å². The lowest BCUT2D eigenvalue weighted by Gasteiger charge is -2.02. The van der Waals surface area contributed by atoms with Crippen LogP contribution in [0.5, 0.6) is 11.5 Å². The van der Waals surface area contributed by atoms with Crippen LogP contribution in [0.25, 0.3) is 0 Å². The van der Waals surface area contributed by atoms with E-state index in [9.17, 15) is 8.42 Å². The molecule has 2 N–H and O–H groups in total. The fourth-order valence-corrected chi connectivity index (χ4v) is 2.12. The topological polar surface area (TPSA) is 109 Å². The van der Waals surface area contributed by atoms with Crippen molar-refractivity contribution in [2.24, 2.45) is 5.14 Å². The van der Waals surface area contributed by atoms with E-state index in [-0.39, 0.29) is 6.79 Å². The lowest BCUT2D eigenvalue weighted by Crippen LogP contribution is -2.14. The van der Waals surface area contributed by atoms with Crippen molar-refractivity contribution < 1.29 is 17.9 Å². The third-order valence-electron chi connectivity index (χ3n) is 2.55. The van der Waals surface area contributed by atoms with Crippen molar-refractivity contribution >= 4 is 10.0 Å². The van der Waals surface area contributed by atoms with Gasteiger partial charge >= 0.3 is 0 Å². The first kappa shape index (κ1) is 11.9. The molecule has 9 heteroatoms. The van der Waals surface area contributed by atoms with Crippen LogP contribution in [0.15, 0.2) is 29.7 Å². The Bertz CT molecular complexity index is 725. The normalized spacial score (nSPS) is 13.7. The number of ether oxygens (including phenoxy) is 2. The highest BCUT2D eigenvalue weighted by molar-refractivity contribution is 7.89. The van der Waals surface area contributed by atoms with Crippen LogP contribution in [0.1, 0.15) is 5.56 Å². The minimum absolute atomic E-state index is 0.206. The number of hydrogen-bond acceptors (Lipinski definition) is 6. The summed E-state index contributed by atoms with van der Waals surface area (Å²) in [4.78, 5) is 3.64. The quantitative estimate of drug-likeness (QED) is 0.828. The number of primary sulfonamides is 1. The predicted octanol–water partition coefficient (Wildman–Crippen LogP) is -0.298. The van der Waals surface area contributed by atoms with Gasteiger partial charge in [0.1, 0.15) is 6.33 Å². The molecule has 0 atom stereocenters. The third-order valence-corrected chi connectivity index (χ3v) is 3.25. The van der Waals surface area contributed by atoms with E-state index in [1.165, 1.54) is 11.0 Å². The Balaban J connectivity index is 1.84. The maximum atomic E-state index is 11.1. The highest BCUT2D eigenvalue weighted by atomic mass is 32.2. The van der Waals surface area contributed by atoms with Gasteiger partial charge in [0.05, 0.1) is 6.54 Å². The Morgan fingerprint density at radius 3 is 2.84 bits per heavy atom. The van der Waals surface area contributed by atoms with Gasteiger partial charge in [-0.05, 0) is 17.7 Å². The Morgan fingerprint density at radius 2 is 2.11 bits per heavy atom. The summed E-state index contributed by atoms with van der Waals surface area (Å²) in [5.74, 6) is 1.34. The first-order valence-corrected chi connectivity index (χ1v) is 6.88. The van der Waals surface area contributed by atoms with Crippen molar-refractivity contribution in [1.82, 2.24) is 14.8 Å². The zero-order valence-electron chi connectivity index (χ0n) is 9.68. The molecule has 100 valence electrons. The minimum Gasteiger partial charge on any atom is -0.454 e. The Kier molecular flexibility index (Phi) is 2.64. The summed E-state index contributed by atoms with van der Waals surface area (Å²) < 4.78 is 33.9. The van der Waals surface area contributed by atoms with E-state index < -0.39 is 15.2 Å². The first-order chi connectivity index (χ1) is 9.02. The zero-order valence-corrected chi connectivity index (χ0v) is 10.5. The molecular weight excluding hydrogens is 272 g/mol. The van der Waals surface area contributed by atoms with Gasteiger partial charge in [-0.1, -0.05) is 6.07 Å². The fourth-order valence-electron chi connectivity index (χ4n) is 1.71. The molecule has 1 aliphatic rings. The summed E-state index contributed by atoms with van der Waals surface area (Å²) in [5, 5.41) is 8.33. The number of nitrogens with zero attached hydrogens (tertiary/aromatic N) is 3. The molecule has 2 heterocycles. The molecule has 3 rings (SSSR count). The van der Waals surface area contributed by atoms with E-state index in [1.54, 1.807) is 12.1 Å². The minimum atomic E-state index is -3.87. The number of hydrogen-bond donors (Lipinski definition) is 1. The summed E-state index contributed by atoms with van der Waals surface area (Å²) in [6.07, 6.45) is 1.31. The molecule has 0 aliphatic carbocycles. The standard InChI is InChI=1S/C10H10N4O4S/c11-19(15,16)10-12-5-14(13-10)4-7-1-2-8-9(3-7)18-6-17-8/h1-3,5H,4,6H2,(H2,11,15,16). The van der Waals surface area contributed by atoms with E-state index >= 15 is 0 Å². The van der Waals surface area contributed by atoms with Crippen molar-refractivity contribution in [3.63, 3.8) is 0 Å². The molecular formula is C10H10N4O4S. The van der Waals surface area contributed by atoms with Crippen molar-refractivity contribution in [2.45, 2.75) is 11.7 Å². The van der Waals surface area contributed by atoms with Crippen molar-refractivity contribution in [2.75, 3.05) is 6.79 Å². The summed E-state index contributed by atoms with van der Waals surface area (Å²) >= 11 is 0. The van der Waals surface area contributed by atoms with E-state index in [1.807, 2.05) is 6.07 Å². The van der Waals surface area contributed by atoms with E-state index in [0.717, 1.165) is 5.56 Å². The molecule has 0 saturated heterocycles. The molecule has 0 amide bonds. The number of sulfonamides is 1. The predicted molar refractivity (Wildman–Crippen MR) is 63.1 cm³/mol. The maximum absolute atomic E-state index is 11.1. The SMILES string of the molecule is NS(=O)(=O)c1ncn(Cc2ccc3c(c2)OCO3)n1.